The molecule has 0 atom stereocenters. The number of hydrogen-bond donors (Lipinski definition) is 0. The normalized spacial score (nSPS) is 6.75. The van der Waals surface area contributed by atoms with Crippen molar-refractivity contribution in [3.63, 3.8) is 0 Å². The molecule has 0 heterocycles. The number of hydrogen-bond acceptors (Lipinski definition) is 0. The van der Waals surface area contributed by atoms with Crippen molar-refractivity contribution in [2.75, 3.05) is 0 Å². The Bertz CT molecular complexity index is 38.0. The lowest BCUT2D eigenvalue weighted by Crippen LogP contribution is -1.93. The van der Waals surface area contributed by atoms with Gasteiger partial charge in [0.15, 0.2) is 0 Å². The van der Waals surface area contributed by atoms with Crippen LogP contribution in [0.15, 0.2) is 0 Å². The van der Waals surface area contributed by atoms with E-state index in [1.165, 1.54) is 12.8 Å². The van der Waals surface area contributed by atoms with Crippen LogP contribution in [0.1, 0.15) is 96.9 Å². The van der Waals surface area contributed by atoms with Gasteiger partial charge in [-0.2, -0.15) is 0 Å². The molecule has 0 amide bonds. The van der Waals surface area contributed by atoms with E-state index in [2.05, 4.69) is 41.5 Å². The van der Waals surface area contributed by atoms with Gasteiger partial charge in [-0.3, -0.25) is 0 Å². The first-order valence-electron chi connectivity index (χ1n) is 6.54. The Morgan fingerprint density at radius 3 is 0.750 bits per heavy atom. The summed E-state index contributed by atoms with van der Waals surface area (Å²) in [6.45, 7) is 21.3. The molecule has 0 N–H and O–H groups in total. The van der Waals surface area contributed by atoms with E-state index >= 15 is 0 Å². The Morgan fingerprint density at radius 1 is 0.625 bits per heavy atom. The summed E-state index contributed by atoms with van der Waals surface area (Å²) in [6.07, 6.45) is 2.61. The van der Waals surface area contributed by atoms with E-state index in [0.717, 1.165) is 11.8 Å². The van der Waals surface area contributed by atoms with Gasteiger partial charge >= 0.3 is 0 Å². The smallest absolute Gasteiger partial charge is 0.0469 e. The van der Waals surface area contributed by atoms with Gasteiger partial charge in [0.05, 0.1) is 0 Å². The summed E-state index contributed by atoms with van der Waals surface area (Å²) in [6, 6.07) is 0. The van der Waals surface area contributed by atoms with Crippen LogP contribution in [0.5, 0.6) is 0 Å². The van der Waals surface area contributed by atoms with Crippen LogP contribution in [0.2, 0.25) is 0 Å². The Kier molecular flexibility index (Phi) is 103. The molecule has 0 aromatic heterocycles. The maximum absolute atomic E-state index is 2.26. The van der Waals surface area contributed by atoms with Gasteiger partial charge in [-0.15, -0.1) is 0 Å². The Hall–Kier alpha value is 0. The van der Waals surface area contributed by atoms with Crippen LogP contribution in [0, 0.1) is 11.8 Å². The molecule has 0 aliphatic rings. The zero-order valence-corrected chi connectivity index (χ0v) is 12.6. The van der Waals surface area contributed by atoms with Crippen molar-refractivity contribution in [3.05, 3.63) is 0 Å². The van der Waals surface area contributed by atoms with Crippen molar-refractivity contribution >= 4 is 0 Å². The van der Waals surface area contributed by atoms with Crippen LogP contribution in [-0.2, 0) is 0 Å². The van der Waals surface area contributed by atoms with Crippen LogP contribution in [0.3, 0.4) is 0 Å². The van der Waals surface area contributed by atoms with Gasteiger partial charge in [-0.25, -0.2) is 0 Å². The van der Waals surface area contributed by atoms with Gasteiger partial charge in [0.2, 0.25) is 0 Å². The van der Waals surface area contributed by atoms with E-state index in [9.17, 15) is 0 Å². The molecule has 0 bridgehead atoms. The monoisotopic (exact) mass is 236 g/mol. The largest absolute Gasteiger partial charge is 0.0776 e. The highest BCUT2D eigenvalue weighted by atomic mass is 14.0. The van der Waals surface area contributed by atoms with Crippen molar-refractivity contribution in [2.45, 2.75) is 96.9 Å². The summed E-state index contributed by atoms with van der Waals surface area (Å²) < 4.78 is 0. The molecule has 0 fully saturated rings. The van der Waals surface area contributed by atoms with E-state index in [-0.39, 0.29) is 14.9 Å². The molecular weight excluding hydrogens is 192 g/mol. The SMILES string of the molecule is C.C.CC.CC.CC(C)CC(C)C.CCC. The summed E-state index contributed by atoms with van der Waals surface area (Å²) in [4.78, 5) is 0. The molecule has 16 heavy (non-hydrogen) atoms. The molecular formula is C16H44. The van der Waals surface area contributed by atoms with Gasteiger partial charge in [-0.05, 0) is 18.3 Å². The van der Waals surface area contributed by atoms with Crippen LogP contribution in [0.4, 0.5) is 0 Å². The second kappa shape index (κ2) is 45.9. The van der Waals surface area contributed by atoms with Crippen molar-refractivity contribution in [1.82, 2.24) is 0 Å². The fraction of sp³-hybridized carbons (Fsp3) is 1.00. The molecule has 0 unspecified atom stereocenters. The molecule has 0 aromatic carbocycles. The first-order chi connectivity index (χ1) is 6.54. The third kappa shape index (κ3) is 148. The van der Waals surface area contributed by atoms with Crippen molar-refractivity contribution in [1.29, 1.82) is 0 Å². The minimum absolute atomic E-state index is 0. The van der Waals surface area contributed by atoms with E-state index in [0.29, 0.717) is 0 Å². The van der Waals surface area contributed by atoms with Crippen molar-refractivity contribution in [2.24, 2.45) is 11.8 Å². The average molecular weight is 237 g/mol. The summed E-state index contributed by atoms with van der Waals surface area (Å²) in [5, 5.41) is 0. The molecule has 0 aromatic rings. The second-order valence-electron chi connectivity index (χ2n) is 3.73. The zero-order valence-electron chi connectivity index (χ0n) is 12.6. The molecule has 0 saturated heterocycles. The highest BCUT2D eigenvalue weighted by Crippen LogP contribution is 2.08. The summed E-state index contributed by atoms with van der Waals surface area (Å²) in [7, 11) is 0. The van der Waals surface area contributed by atoms with Crippen LogP contribution in [0.25, 0.3) is 0 Å². The Morgan fingerprint density at radius 2 is 0.750 bits per heavy atom. The molecule has 0 heteroatoms. The van der Waals surface area contributed by atoms with Gasteiger partial charge in [0, 0.05) is 0 Å². The molecule has 0 saturated carbocycles. The maximum atomic E-state index is 2.26. The first kappa shape index (κ1) is 36.0. The topological polar surface area (TPSA) is 0 Å². The molecule has 0 aliphatic heterocycles. The Labute approximate surface area is 109 Å². The quantitative estimate of drug-likeness (QED) is 0.467. The lowest BCUT2D eigenvalue weighted by molar-refractivity contribution is 0.469. The standard InChI is InChI=1S/C7H16.C3H8.2C2H6.2CH4/c1-6(2)5-7(3)4;1-3-2;2*1-2;;/h6-7H,5H2,1-4H3;3H2,1-2H3;2*1-2H3;2*1H4. The van der Waals surface area contributed by atoms with Gasteiger partial charge in [-0.1, -0.05) is 90.5 Å². The predicted octanol–water partition coefficient (Wildman–Crippen LogP) is 7.43. The fourth-order valence-electron chi connectivity index (χ4n) is 0.943. The van der Waals surface area contributed by atoms with Crippen LogP contribution in [-0.4, -0.2) is 0 Å². The third-order valence-corrected chi connectivity index (χ3v) is 0.943. The molecule has 0 radical (unpaired) electrons. The van der Waals surface area contributed by atoms with Gasteiger partial charge < -0.3 is 0 Å². The van der Waals surface area contributed by atoms with Gasteiger partial charge in [0.25, 0.3) is 0 Å². The van der Waals surface area contributed by atoms with E-state index in [4.69, 9.17) is 0 Å². The fourth-order valence-corrected chi connectivity index (χ4v) is 0.943. The van der Waals surface area contributed by atoms with Crippen LogP contribution >= 0.6 is 0 Å². The summed E-state index contributed by atoms with van der Waals surface area (Å²) in [5.41, 5.74) is 0. The first-order valence-corrected chi connectivity index (χ1v) is 6.54. The molecule has 0 nitrogen and oxygen atoms in total. The molecule has 0 aliphatic carbocycles. The van der Waals surface area contributed by atoms with E-state index < -0.39 is 0 Å². The third-order valence-electron chi connectivity index (χ3n) is 0.943. The highest BCUT2D eigenvalue weighted by molar-refractivity contribution is 4.47. The Balaban J connectivity index is -0.0000000241. The number of rotatable bonds is 2. The van der Waals surface area contributed by atoms with E-state index in [1.54, 1.807) is 0 Å². The summed E-state index contributed by atoms with van der Waals surface area (Å²) >= 11 is 0. The average Bonchev–Trinajstić information content (AvgIpc) is 2.10. The minimum atomic E-state index is 0. The maximum Gasteiger partial charge on any atom is -0.0469 e. The lowest BCUT2D eigenvalue weighted by Gasteiger charge is -2.05. The summed E-state index contributed by atoms with van der Waals surface area (Å²) in [5.74, 6) is 1.75. The minimum Gasteiger partial charge on any atom is -0.0776 e. The molecule has 108 valence electrons. The highest BCUT2D eigenvalue weighted by Gasteiger charge is 1.95. The van der Waals surface area contributed by atoms with Crippen molar-refractivity contribution in [3.8, 4) is 0 Å². The van der Waals surface area contributed by atoms with Crippen LogP contribution < -0.4 is 0 Å². The van der Waals surface area contributed by atoms with E-state index in [1.807, 2.05) is 27.7 Å². The van der Waals surface area contributed by atoms with Gasteiger partial charge in [0.1, 0.15) is 0 Å². The molecule has 0 spiro atoms. The molecule has 0 rings (SSSR count). The second-order valence-corrected chi connectivity index (χ2v) is 3.73. The predicted molar refractivity (Wildman–Crippen MR) is 86.4 cm³/mol. The lowest BCUT2D eigenvalue weighted by atomic mass is 10.0. The van der Waals surface area contributed by atoms with Crippen molar-refractivity contribution < 1.29 is 0 Å². The zero-order chi connectivity index (χ0) is 12.6.